The second kappa shape index (κ2) is 7.06. The number of benzene rings is 1. The van der Waals surface area contributed by atoms with Gasteiger partial charge in [-0.3, -0.25) is 4.90 Å². The van der Waals surface area contributed by atoms with Gasteiger partial charge < -0.3 is 5.32 Å². The third-order valence-corrected chi connectivity index (χ3v) is 6.23. The number of hydrogen-bond donors (Lipinski definition) is 1. The fraction of sp³-hybridized carbons (Fsp3) is 0.579. The van der Waals surface area contributed by atoms with Crippen LogP contribution in [0.3, 0.4) is 0 Å². The summed E-state index contributed by atoms with van der Waals surface area (Å²) >= 11 is 1.70. The standard InChI is InChI=1S/C19H27N3OS/c1-12(2)14-7-9-15(10-8-14)21-18(23)22-16(11-20)19(5,6)24-17(22)13(3)4/h7-10,12-13,16-17H,1-6H3,(H,21,23). The highest BCUT2D eigenvalue weighted by Crippen LogP contribution is 2.46. The predicted octanol–water partition coefficient (Wildman–Crippen LogP) is 5.04. The fourth-order valence-corrected chi connectivity index (χ4v) is 4.48. The molecule has 2 unspecified atom stereocenters. The highest BCUT2D eigenvalue weighted by molar-refractivity contribution is 8.01. The molecule has 0 aromatic heterocycles. The average Bonchev–Trinajstić information content (AvgIpc) is 2.78. The number of anilines is 1. The summed E-state index contributed by atoms with van der Waals surface area (Å²) in [6, 6.07) is 9.60. The van der Waals surface area contributed by atoms with Crippen molar-refractivity contribution in [2.75, 3.05) is 5.32 Å². The molecule has 24 heavy (non-hydrogen) atoms. The zero-order valence-electron chi connectivity index (χ0n) is 15.3. The maximum Gasteiger partial charge on any atom is 0.323 e. The van der Waals surface area contributed by atoms with Crippen LogP contribution in [0.5, 0.6) is 0 Å². The lowest BCUT2D eigenvalue weighted by Crippen LogP contribution is -2.48. The molecule has 0 bridgehead atoms. The molecule has 1 aromatic carbocycles. The van der Waals surface area contributed by atoms with Gasteiger partial charge in [-0.25, -0.2) is 4.79 Å². The van der Waals surface area contributed by atoms with E-state index >= 15 is 0 Å². The second-order valence-electron chi connectivity index (χ2n) is 7.50. The molecule has 1 aromatic rings. The Bertz CT molecular complexity index is 631. The van der Waals surface area contributed by atoms with Gasteiger partial charge >= 0.3 is 6.03 Å². The van der Waals surface area contributed by atoms with Crippen molar-refractivity contribution in [2.45, 2.75) is 63.6 Å². The van der Waals surface area contributed by atoms with E-state index in [2.05, 4.69) is 39.1 Å². The third kappa shape index (κ3) is 3.70. The van der Waals surface area contributed by atoms with E-state index in [4.69, 9.17) is 0 Å². The molecule has 0 spiro atoms. The van der Waals surface area contributed by atoms with Crippen LogP contribution < -0.4 is 5.32 Å². The first-order valence-corrected chi connectivity index (χ1v) is 9.32. The van der Waals surface area contributed by atoms with Gasteiger partial charge in [0.15, 0.2) is 0 Å². The summed E-state index contributed by atoms with van der Waals surface area (Å²) in [4.78, 5) is 14.6. The Morgan fingerprint density at radius 2 is 1.83 bits per heavy atom. The first-order chi connectivity index (χ1) is 11.2. The van der Waals surface area contributed by atoms with Gasteiger partial charge in [0.2, 0.25) is 0 Å². The summed E-state index contributed by atoms with van der Waals surface area (Å²) in [7, 11) is 0. The van der Waals surface area contributed by atoms with Gasteiger partial charge in [0.1, 0.15) is 6.04 Å². The number of amides is 2. The van der Waals surface area contributed by atoms with Gasteiger partial charge in [-0.2, -0.15) is 5.26 Å². The largest absolute Gasteiger partial charge is 0.323 e. The minimum atomic E-state index is -0.440. The number of nitriles is 1. The summed E-state index contributed by atoms with van der Waals surface area (Å²) in [6.07, 6.45) is 0. The molecule has 1 aliphatic heterocycles. The molecule has 1 heterocycles. The summed E-state index contributed by atoms with van der Waals surface area (Å²) in [6.45, 7) is 12.5. The van der Waals surface area contributed by atoms with Crippen LogP contribution in [0.2, 0.25) is 0 Å². The van der Waals surface area contributed by atoms with Crippen molar-refractivity contribution >= 4 is 23.5 Å². The second-order valence-corrected chi connectivity index (χ2v) is 9.27. The quantitative estimate of drug-likeness (QED) is 0.834. The number of carbonyl (C=O) groups excluding carboxylic acids is 1. The monoisotopic (exact) mass is 345 g/mol. The Morgan fingerprint density at radius 3 is 2.29 bits per heavy atom. The van der Waals surface area contributed by atoms with Crippen LogP contribution in [0, 0.1) is 17.2 Å². The summed E-state index contributed by atoms with van der Waals surface area (Å²) < 4.78 is -0.275. The van der Waals surface area contributed by atoms with E-state index < -0.39 is 6.04 Å². The van der Waals surface area contributed by atoms with Gasteiger partial charge in [0, 0.05) is 10.4 Å². The third-order valence-electron chi connectivity index (χ3n) is 4.39. The molecule has 2 atom stereocenters. The lowest BCUT2D eigenvalue weighted by Gasteiger charge is -2.29. The van der Waals surface area contributed by atoms with Crippen LogP contribution in [0.1, 0.15) is 53.0 Å². The maximum atomic E-state index is 12.9. The molecule has 5 heteroatoms. The number of thioether (sulfide) groups is 1. The van der Waals surface area contributed by atoms with E-state index in [0.717, 1.165) is 5.69 Å². The highest BCUT2D eigenvalue weighted by atomic mass is 32.2. The molecule has 0 aliphatic carbocycles. The molecule has 4 nitrogen and oxygen atoms in total. The Labute approximate surface area is 149 Å². The van der Waals surface area contributed by atoms with Crippen molar-refractivity contribution in [3.05, 3.63) is 29.8 Å². The fourth-order valence-electron chi connectivity index (χ4n) is 2.96. The number of nitrogens with zero attached hydrogens (tertiary/aromatic N) is 2. The Morgan fingerprint density at radius 1 is 1.25 bits per heavy atom. The summed E-state index contributed by atoms with van der Waals surface area (Å²) in [5.74, 6) is 0.737. The molecular formula is C19H27N3OS. The van der Waals surface area contributed by atoms with Gasteiger partial charge in [0.05, 0.1) is 11.4 Å². The zero-order valence-corrected chi connectivity index (χ0v) is 16.1. The molecule has 1 fully saturated rings. The van der Waals surface area contributed by atoms with Crippen molar-refractivity contribution in [1.29, 1.82) is 5.26 Å². The van der Waals surface area contributed by atoms with Crippen LogP contribution in [-0.4, -0.2) is 27.1 Å². The number of hydrogen-bond acceptors (Lipinski definition) is 3. The van der Waals surface area contributed by atoms with Crippen LogP contribution >= 0.6 is 11.8 Å². The lowest BCUT2D eigenvalue weighted by molar-refractivity contribution is 0.184. The SMILES string of the molecule is CC(C)c1ccc(NC(=O)N2C(C(C)C)SC(C)(C)C2C#N)cc1. The van der Waals surface area contributed by atoms with E-state index in [0.29, 0.717) is 5.92 Å². The van der Waals surface area contributed by atoms with Gasteiger partial charge in [-0.15, -0.1) is 11.8 Å². The van der Waals surface area contributed by atoms with Crippen molar-refractivity contribution in [3.8, 4) is 6.07 Å². The normalized spacial score (nSPS) is 22.7. The Hall–Kier alpha value is -1.67. The van der Waals surface area contributed by atoms with E-state index in [1.807, 2.05) is 38.1 Å². The summed E-state index contributed by atoms with van der Waals surface area (Å²) in [5, 5.41) is 12.6. The Balaban J connectivity index is 2.21. The summed E-state index contributed by atoms with van der Waals surface area (Å²) in [5.41, 5.74) is 2.00. The van der Waals surface area contributed by atoms with Crippen molar-refractivity contribution in [2.24, 2.45) is 5.92 Å². The molecule has 1 aliphatic rings. The van der Waals surface area contributed by atoms with E-state index in [1.54, 1.807) is 16.7 Å². The van der Waals surface area contributed by atoms with Crippen LogP contribution in [0.15, 0.2) is 24.3 Å². The molecule has 0 radical (unpaired) electrons. The smallest absolute Gasteiger partial charge is 0.308 e. The van der Waals surface area contributed by atoms with E-state index in [9.17, 15) is 10.1 Å². The van der Waals surface area contributed by atoms with Crippen molar-refractivity contribution in [1.82, 2.24) is 4.90 Å². The van der Waals surface area contributed by atoms with Crippen LogP contribution in [0.4, 0.5) is 10.5 Å². The topological polar surface area (TPSA) is 56.1 Å². The van der Waals surface area contributed by atoms with E-state index in [1.165, 1.54) is 5.56 Å². The van der Waals surface area contributed by atoms with Gasteiger partial charge in [0.25, 0.3) is 0 Å². The molecule has 1 saturated heterocycles. The molecule has 2 amide bonds. The maximum absolute atomic E-state index is 12.9. The van der Waals surface area contributed by atoms with Crippen molar-refractivity contribution < 1.29 is 4.79 Å². The minimum absolute atomic E-state index is 0.000382. The van der Waals surface area contributed by atoms with Gasteiger partial charge in [-0.1, -0.05) is 39.8 Å². The van der Waals surface area contributed by atoms with Crippen LogP contribution in [0.25, 0.3) is 0 Å². The molecule has 1 N–H and O–H groups in total. The first-order valence-electron chi connectivity index (χ1n) is 8.44. The number of rotatable bonds is 3. The molecule has 2 rings (SSSR count). The lowest BCUT2D eigenvalue weighted by atomic mass is 10.0. The number of nitrogens with one attached hydrogen (secondary N) is 1. The van der Waals surface area contributed by atoms with Crippen LogP contribution in [-0.2, 0) is 0 Å². The first kappa shape index (κ1) is 18.7. The number of carbonyl (C=O) groups is 1. The molecule has 0 saturated carbocycles. The van der Waals surface area contributed by atoms with Gasteiger partial charge in [-0.05, 0) is 43.4 Å². The Kier molecular flexibility index (Phi) is 5.49. The average molecular weight is 346 g/mol. The minimum Gasteiger partial charge on any atom is -0.308 e. The molecule has 130 valence electrons. The number of urea groups is 1. The zero-order chi connectivity index (χ0) is 18.1. The molecular weight excluding hydrogens is 318 g/mol. The van der Waals surface area contributed by atoms with E-state index in [-0.39, 0.29) is 22.1 Å². The predicted molar refractivity (Wildman–Crippen MR) is 101 cm³/mol. The highest BCUT2D eigenvalue weighted by Gasteiger charge is 2.50. The van der Waals surface area contributed by atoms with Crippen molar-refractivity contribution in [3.63, 3.8) is 0 Å².